The number of hydrogen-bond donors (Lipinski definition) is 1. The fourth-order valence-electron chi connectivity index (χ4n) is 2.39. The molecule has 5 nitrogen and oxygen atoms in total. The van der Waals surface area contributed by atoms with Crippen LogP contribution in [-0.4, -0.2) is 55.7 Å². The minimum absolute atomic E-state index is 0.0313. The van der Waals surface area contributed by atoms with Crippen molar-refractivity contribution >= 4 is 11.7 Å². The molecule has 0 spiro atoms. The van der Waals surface area contributed by atoms with Crippen LogP contribution in [0.5, 0.6) is 5.75 Å². The SMILES string of the molecule is CCN1CCCN(C(=O)Nc2cccc(OC)c2)CC1. The van der Waals surface area contributed by atoms with Gasteiger partial charge in [-0.15, -0.1) is 0 Å². The number of carbonyl (C=O) groups is 1. The van der Waals surface area contributed by atoms with Crippen LogP contribution in [0.2, 0.25) is 0 Å². The van der Waals surface area contributed by atoms with E-state index in [4.69, 9.17) is 4.74 Å². The highest BCUT2D eigenvalue weighted by Gasteiger charge is 2.18. The number of methoxy groups -OCH3 is 1. The summed E-state index contributed by atoms with van der Waals surface area (Å²) in [5.74, 6) is 0.746. The maximum absolute atomic E-state index is 12.3. The molecule has 0 radical (unpaired) electrons. The molecule has 1 aliphatic heterocycles. The smallest absolute Gasteiger partial charge is 0.321 e. The maximum atomic E-state index is 12.3. The molecule has 0 unspecified atom stereocenters. The number of benzene rings is 1. The number of carbonyl (C=O) groups excluding carboxylic acids is 1. The summed E-state index contributed by atoms with van der Waals surface area (Å²) in [7, 11) is 1.62. The van der Waals surface area contributed by atoms with Crippen LogP contribution >= 0.6 is 0 Å². The highest BCUT2D eigenvalue weighted by Crippen LogP contribution is 2.17. The Morgan fingerprint density at radius 3 is 2.90 bits per heavy atom. The van der Waals surface area contributed by atoms with Crippen molar-refractivity contribution in [3.8, 4) is 5.75 Å². The lowest BCUT2D eigenvalue weighted by Crippen LogP contribution is -2.38. The molecule has 1 fully saturated rings. The molecule has 2 amide bonds. The van der Waals surface area contributed by atoms with E-state index < -0.39 is 0 Å². The molecule has 110 valence electrons. The topological polar surface area (TPSA) is 44.8 Å². The van der Waals surface area contributed by atoms with Crippen molar-refractivity contribution in [2.45, 2.75) is 13.3 Å². The Balaban J connectivity index is 1.93. The molecular weight excluding hydrogens is 254 g/mol. The quantitative estimate of drug-likeness (QED) is 0.921. The summed E-state index contributed by atoms with van der Waals surface area (Å²) in [5, 5.41) is 2.94. The lowest BCUT2D eigenvalue weighted by Gasteiger charge is -2.21. The normalized spacial score (nSPS) is 16.6. The van der Waals surface area contributed by atoms with Crippen molar-refractivity contribution in [1.29, 1.82) is 0 Å². The average molecular weight is 277 g/mol. The minimum atomic E-state index is -0.0313. The Morgan fingerprint density at radius 1 is 1.30 bits per heavy atom. The summed E-state index contributed by atoms with van der Waals surface area (Å²) >= 11 is 0. The Bertz CT molecular complexity index is 450. The first-order chi connectivity index (χ1) is 9.72. The van der Waals surface area contributed by atoms with E-state index in [1.165, 1.54) is 0 Å². The molecule has 2 rings (SSSR count). The van der Waals surface area contributed by atoms with Gasteiger partial charge in [-0.1, -0.05) is 13.0 Å². The van der Waals surface area contributed by atoms with Crippen molar-refractivity contribution < 1.29 is 9.53 Å². The van der Waals surface area contributed by atoms with Gasteiger partial charge in [-0.25, -0.2) is 4.79 Å². The molecule has 1 aliphatic rings. The predicted molar refractivity (Wildman–Crippen MR) is 80.3 cm³/mol. The highest BCUT2D eigenvalue weighted by atomic mass is 16.5. The maximum Gasteiger partial charge on any atom is 0.321 e. The molecule has 1 aromatic carbocycles. The van der Waals surface area contributed by atoms with Gasteiger partial charge in [0.15, 0.2) is 0 Å². The van der Waals surface area contributed by atoms with Gasteiger partial charge in [0.25, 0.3) is 0 Å². The number of hydrogen-bond acceptors (Lipinski definition) is 3. The van der Waals surface area contributed by atoms with E-state index in [0.29, 0.717) is 0 Å². The number of likely N-dealkylation sites (N-methyl/N-ethyl adjacent to an activating group) is 1. The van der Waals surface area contributed by atoms with Crippen LogP contribution in [0.3, 0.4) is 0 Å². The van der Waals surface area contributed by atoms with Gasteiger partial charge in [0.05, 0.1) is 7.11 Å². The third kappa shape index (κ3) is 3.87. The molecule has 0 aliphatic carbocycles. The van der Waals surface area contributed by atoms with Gasteiger partial charge in [-0.3, -0.25) is 0 Å². The van der Waals surface area contributed by atoms with E-state index in [9.17, 15) is 4.79 Å². The summed E-state index contributed by atoms with van der Waals surface area (Å²) in [4.78, 5) is 16.5. The van der Waals surface area contributed by atoms with Crippen LogP contribution in [0.25, 0.3) is 0 Å². The van der Waals surface area contributed by atoms with Gasteiger partial charge >= 0.3 is 6.03 Å². The predicted octanol–water partition coefficient (Wildman–Crippen LogP) is 2.25. The molecule has 1 N–H and O–H groups in total. The van der Waals surface area contributed by atoms with Crippen LogP contribution in [-0.2, 0) is 0 Å². The van der Waals surface area contributed by atoms with E-state index in [-0.39, 0.29) is 6.03 Å². The molecule has 1 aromatic rings. The van der Waals surface area contributed by atoms with E-state index in [1.54, 1.807) is 7.11 Å². The second-order valence-corrected chi connectivity index (χ2v) is 4.94. The van der Waals surface area contributed by atoms with Crippen molar-refractivity contribution in [1.82, 2.24) is 9.80 Å². The van der Waals surface area contributed by atoms with Crippen LogP contribution in [0.4, 0.5) is 10.5 Å². The van der Waals surface area contributed by atoms with Gasteiger partial charge in [0.2, 0.25) is 0 Å². The number of nitrogens with zero attached hydrogens (tertiary/aromatic N) is 2. The monoisotopic (exact) mass is 277 g/mol. The lowest BCUT2D eigenvalue weighted by atomic mass is 10.3. The van der Waals surface area contributed by atoms with Crippen LogP contribution < -0.4 is 10.1 Å². The highest BCUT2D eigenvalue weighted by molar-refractivity contribution is 5.89. The van der Waals surface area contributed by atoms with Gasteiger partial charge in [0, 0.05) is 31.4 Å². The van der Waals surface area contributed by atoms with Gasteiger partial charge < -0.3 is 19.9 Å². The molecule has 1 saturated heterocycles. The molecule has 1 heterocycles. The molecule has 0 saturated carbocycles. The van der Waals surface area contributed by atoms with Gasteiger partial charge in [0.1, 0.15) is 5.75 Å². The fraction of sp³-hybridized carbons (Fsp3) is 0.533. The largest absolute Gasteiger partial charge is 0.497 e. The van der Waals surface area contributed by atoms with Crippen LogP contribution in [0.1, 0.15) is 13.3 Å². The van der Waals surface area contributed by atoms with Crippen LogP contribution in [0.15, 0.2) is 24.3 Å². The van der Waals surface area contributed by atoms with E-state index in [2.05, 4.69) is 17.1 Å². The Labute approximate surface area is 120 Å². The van der Waals surface area contributed by atoms with Crippen LogP contribution in [0, 0.1) is 0 Å². The first kappa shape index (κ1) is 14.7. The standard InChI is InChI=1S/C15H23N3O2/c1-3-17-8-5-9-18(11-10-17)15(19)16-13-6-4-7-14(12-13)20-2/h4,6-7,12H,3,5,8-11H2,1-2H3,(H,16,19). The number of urea groups is 1. The first-order valence-electron chi connectivity index (χ1n) is 7.15. The first-order valence-corrected chi connectivity index (χ1v) is 7.15. The molecule has 0 bridgehead atoms. The average Bonchev–Trinajstić information content (AvgIpc) is 2.73. The number of ether oxygens (including phenoxy) is 1. The zero-order valence-electron chi connectivity index (χ0n) is 12.3. The number of amides is 2. The molecule has 0 atom stereocenters. The fourth-order valence-corrected chi connectivity index (χ4v) is 2.39. The second kappa shape index (κ2) is 7.14. The number of anilines is 1. The summed E-state index contributed by atoms with van der Waals surface area (Å²) in [6.45, 7) is 6.81. The number of rotatable bonds is 3. The summed E-state index contributed by atoms with van der Waals surface area (Å²) in [6, 6.07) is 7.40. The lowest BCUT2D eigenvalue weighted by molar-refractivity contribution is 0.212. The Kier molecular flexibility index (Phi) is 5.24. The Hall–Kier alpha value is -1.75. The van der Waals surface area contributed by atoms with E-state index >= 15 is 0 Å². The second-order valence-electron chi connectivity index (χ2n) is 4.94. The zero-order valence-corrected chi connectivity index (χ0v) is 12.3. The third-order valence-corrected chi connectivity index (χ3v) is 3.64. The Morgan fingerprint density at radius 2 is 2.15 bits per heavy atom. The summed E-state index contributed by atoms with van der Waals surface area (Å²) in [6.07, 6.45) is 1.03. The zero-order chi connectivity index (χ0) is 14.4. The summed E-state index contributed by atoms with van der Waals surface area (Å²) < 4.78 is 5.16. The molecule has 20 heavy (non-hydrogen) atoms. The molecule has 5 heteroatoms. The van der Waals surface area contributed by atoms with E-state index in [0.717, 1.165) is 50.6 Å². The molecule has 0 aromatic heterocycles. The third-order valence-electron chi connectivity index (χ3n) is 3.64. The molecular formula is C15H23N3O2. The van der Waals surface area contributed by atoms with Crippen molar-refractivity contribution in [2.24, 2.45) is 0 Å². The minimum Gasteiger partial charge on any atom is -0.497 e. The van der Waals surface area contributed by atoms with Gasteiger partial charge in [-0.05, 0) is 31.6 Å². The van der Waals surface area contributed by atoms with Crippen molar-refractivity contribution in [2.75, 3.05) is 45.2 Å². The number of nitrogens with one attached hydrogen (secondary N) is 1. The van der Waals surface area contributed by atoms with Crippen molar-refractivity contribution in [3.63, 3.8) is 0 Å². The van der Waals surface area contributed by atoms with E-state index in [1.807, 2.05) is 29.2 Å². The van der Waals surface area contributed by atoms with Crippen molar-refractivity contribution in [3.05, 3.63) is 24.3 Å². The summed E-state index contributed by atoms with van der Waals surface area (Å²) in [5.41, 5.74) is 0.769. The van der Waals surface area contributed by atoms with Gasteiger partial charge in [-0.2, -0.15) is 0 Å².